The average molecular weight is 247 g/mol. The molecule has 0 rings (SSSR count). The van der Waals surface area contributed by atoms with Crippen LogP contribution in [-0.4, -0.2) is 40.3 Å². The van der Waals surface area contributed by atoms with Gasteiger partial charge in [0.2, 0.25) is 0 Å². The molecule has 0 aliphatic rings. The third-order valence-corrected chi connectivity index (χ3v) is 1.39. The van der Waals surface area contributed by atoms with Crippen molar-refractivity contribution in [3.05, 3.63) is 20.2 Å². The van der Waals surface area contributed by atoms with Crippen molar-refractivity contribution in [2.24, 2.45) is 0 Å². The molecular weight excluding hydrogens is 239 g/mol. The Bertz CT molecular complexity index is 244. The van der Waals surface area contributed by atoms with Crippen LogP contribution in [0, 0.1) is 20.2 Å². The summed E-state index contributed by atoms with van der Waals surface area (Å²) in [5.74, 6) is -1.14. The van der Waals surface area contributed by atoms with E-state index in [0.717, 1.165) is 7.11 Å². The van der Waals surface area contributed by atoms with Gasteiger partial charge in [-0.3, -0.25) is 20.2 Å². The third-order valence-electron chi connectivity index (χ3n) is 1.39. The van der Waals surface area contributed by atoms with Crippen LogP contribution in [0.1, 0.15) is 6.42 Å². The Morgan fingerprint density at radius 3 is 2.07 bits per heavy atom. The van der Waals surface area contributed by atoms with Crippen LogP contribution in [-0.2, 0) is 9.53 Å². The van der Waals surface area contributed by atoms with Crippen molar-refractivity contribution in [2.75, 3.05) is 7.11 Å². The van der Waals surface area contributed by atoms with Crippen molar-refractivity contribution in [2.45, 2.75) is 18.7 Å². The van der Waals surface area contributed by atoms with Gasteiger partial charge in [0.25, 0.3) is 0 Å². The van der Waals surface area contributed by atoms with Crippen molar-refractivity contribution in [3.8, 4) is 0 Å². The zero-order valence-corrected chi connectivity index (χ0v) is 11.3. The van der Waals surface area contributed by atoms with Gasteiger partial charge in [0, 0.05) is 0 Å². The molecule has 0 fully saturated rings. The van der Waals surface area contributed by atoms with Crippen molar-refractivity contribution in [1.29, 1.82) is 0 Å². The molecular formula is C5H8KN2O7+. The predicted molar refractivity (Wildman–Crippen MR) is 40.4 cm³/mol. The fourth-order valence-electron chi connectivity index (χ4n) is 0.681. The quantitative estimate of drug-likeness (QED) is 0.171. The molecule has 9 nitrogen and oxygen atoms in total. The van der Waals surface area contributed by atoms with E-state index >= 15 is 0 Å². The molecule has 0 aliphatic heterocycles. The number of carbonyl (C=O) groups excluding carboxylic acids is 1. The molecule has 0 bridgehead atoms. The molecule has 0 aromatic heterocycles. The van der Waals surface area contributed by atoms with E-state index in [-0.39, 0.29) is 51.4 Å². The maximum absolute atomic E-state index is 10.6. The summed E-state index contributed by atoms with van der Waals surface area (Å²) in [6, 6.07) is 0. The number of esters is 1. The molecule has 0 radical (unpaired) electrons. The molecule has 1 atom stereocenters. The Kier molecular flexibility index (Phi) is 9.29. The number of hydrogen-bond donors (Lipinski definition) is 1. The van der Waals surface area contributed by atoms with E-state index in [2.05, 4.69) is 4.74 Å². The Morgan fingerprint density at radius 1 is 1.40 bits per heavy atom. The van der Waals surface area contributed by atoms with E-state index < -0.39 is 34.5 Å². The van der Waals surface area contributed by atoms with Gasteiger partial charge in [0.05, 0.1) is 17.0 Å². The van der Waals surface area contributed by atoms with Gasteiger partial charge in [0.15, 0.2) is 6.10 Å². The van der Waals surface area contributed by atoms with Gasteiger partial charge in [-0.05, 0) is 0 Å². The van der Waals surface area contributed by atoms with Crippen molar-refractivity contribution in [3.63, 3.8) is 0 Å². The maximum atomic E-state index is 10.6. The van der Waals surface area contributed by atoms with E-state index in [9.17, 15) is 25.0 Å². The summed E-state index contributed by atoms with van der Waals surface area (Å²) in [6.45, 7) is 0. The second-order valence-electron chi connectivity index (χ2n) is 2.33. The number of hydrogen-bond acceptors (Lipinski definition) is 7. The molecule has 0 heterocycles. The summed E-state index contributed by atoms with van der Waals surface area (Å²) in [6.07, 6.45) is -4.97. The van der Waals surface area contributed by atoms with E-state index in [0.29, 0.717) is 0 Å². The van der Waals surface area contributed by atoms with Crippen molar-refractivity contribution in [1.82, 2.24) is 0 Å². The monoisotopic (exact) mass is 247 g/mol. The molecule has 0 aliphatic carbocycles. The summed E-state index contributed by atoms with van der Waals surface area (Å²) in [5.41, 5.74) is 0. The average Bonchev–Trinajstić information content (AvgIpc) is 2.11. The minimum Gasteiger partial charge on any atom is -0.467 e. The fraction of sp³-hybridized carbons (Fsp3) is 0.800. The van der Waals surface area contributed by atoms with Crippen LogP contribution in [0.2, 0.25) is 0 Å². The molecule has 0 amide bonds. The van der Waals surface area contributed by atoms with Crippen molar-refractivity contribution < 1.29 is 75.9 Å². The number of nitro groups is 2. The van der Waals surface area contributed by atoms with Gasteiger partial charge >= 0.3 is 63.5 Å². The standard InChI is InChI=1S/C5H8N2O7.K/c1-14-5(9)3(8)2-4(6(10)11)7(12)13;/h3-4,8H,2H2,1H3;/q;+1. The number of ether oxygens (including phenoxy) is 1. The van der Waals surface area contributed by atoms with Gasteiger partial charge in [-0.15, -0.1) is 0 Å². The molecule has 10 heteroatoms. The number of rotatable bonds is 5. The smallest absolute Gasteiger partial charge is 0.467 e. The van der Waals surface area contributed by atoms with Crippen LogP contribution in [0.4, 0.5) is 0 Å². The normalized spacial score (nSPS) is 11.4. The summed E-state index contributed by atoms with van der Waals surface area (Å²) >= 11 is 0. The van der Waals surface area contributed by atoms with Crippen LogP contribution >= 0.6 is 0 Å². The van der Waals surface area contributed by atoms with E-state index in [4.69, 9.17) is 5.11 Å². The SMILES string of the molecule is COC(=O)C(O)CC([N+](=O)[O-])[N+](=O)[O-].[K+]. The van der Waals surface area contributed by atoms with Gasteiger partial charge in [-0.1, -0.05) is 0 Å². The molecule has 0 aromatic carbocycles. The number of aliphatic hydroxyl groups excluding tert-OH is 1. The molecule has 0 spiro atoms. The molecule has 15 heavy (non-hydrogen) atoms. The first kappa shape index (κ1) is 17.3. The van der Waals surface area contributed by atoms with Crippen LogP contribution < -0.4 is 51.4 Å². The largest absolute Gasteiger partial charge is 1.00 e. The Hall–Kier alpha value is -0.134. The second-order valence-corrected chi connectivity index (χ2v) is 2.33. The molecule has 0 aromatic rings. The molecule has 80 valence electrons. The number of aliphatic hydroxyl groups is 1. The Morgan fingerprint density at radius 2 is 1.80 bits per heavy atom. The van der Waals surface area contributed by atoms with Crippen LogP contribution in [0.3, 0.4) is 0 Å². The van der Waals surface area contributed by atoms with E-state index in [1.54, 1.807) is 0 Å². The predicted octanol–water partition coefficient (Wildman–Crippen LogP) is -4.21. The Labute approximate surface area is 126 Å². The first-order valence-corrected chi connectivity index (χ1v) is 3.43. The van der Waals surface area contributed by atoms with E-state index in [1.807, 2.05) is 0 Å². The molecule has 0 saturated heterocycles. The number of carbonyl (C=O) groups is 1. The van der Waals surface area contributed by atoms with Gasteiger partial charge in [-0.2, -0.15) is 0 Å². The topological polar surface area (TPSA) is 133 Å². The van der Waals surface area contributed by atoms with Gasteiger partial charge in [-0.25, -0.2) is 4.79 Å². The fourth-order valence-corrected chi connectivity index (χ4v) is 0.681. The second kappa shape index (κ2) is 8.07. The summed E-state index contributed by atoms with van der Waals surface area (Å²) in [7, 11) is 0.957. The third kappa shape index (κ3) is 6.12. The Balaban J connectivity index is 0. The maximum Gasteiger partial charge on any atom is 1.00 e. The van der Waals surface area contributed by atoms with Crippen LogP contribution in [0.5, 0.6) is 0 Å². The first-order chi connectivity index (χ1) is 6.40. The number of nitrogens with zero attached hydrogens (tertiary/aromatic N) is 2. The molecule has 1 unspecified atom stereocenters. The zero-order valence-electron chi connectivity index (χ0n) is 8.15. The van der Waals surface area contributed by atoms with E-state index in [1.165, 1.54) is 0 Å². The van der Waals surface area contributed by atoms with Crippen LogP contribution in [0.25, 0.3) is 0 Å². The summed E-state index contributed by atoms with van der Waals surface area (Å²) in [5, 5.41) is 29.1. The zero-order chi connectivity index (χ0) is 11.3. The van der Waals surface area contributed by atoms with Gasteiger partial charge < -0.3 is 9.84 Å². The minimum absolute atomic E-state index is 0. The summed E-state index contributed by atoms with van der Waals surface area (Å²) in [4.78, 5) is 28.4. The first-order valence-electron chi connectivity index (χ1n) is 3.43. The summed E-state index contributed by atoms with van der Waals surface area (Å²) < 4.78 is 4.04. The van der Waals surface area contributed by atoms with Crippen molar-refractivity contribution >= 4 is 5.97 Å². The molecule has 0 saturated carbocycles. The van der Waals surface area contributed by atoms with Crippen LogP contribution in [0.15, 0.2) is 0 Å². The number of methoxy groups -OCH3 is 1. The van der Waals surface area contributed by atoms with Gasteiger partial charge in [0.1, 0.15) is 6.42 Å². The minimum atomic E-state index is -2.20. The molecule has 1 N–H and O–H groups in total.